The zero-order chi connectivity index (χ0) is 8.27. The first-order valence-electron chi connectivity index (χ1n) is 3.48. The summed E-state index contributed by atoms with van der Waals surface area (Å²) in [5.41, 5.74) is 7.31. The van der Waals surface area contributed by atoms with Crippen LogP contribution >= 0.6 is 0 Å². The quantitative estimate of drug-likeness (QED) is 0.672. The lowest BCUT2D eigenvalue weighted by Crippen LogP contribution is -2.02. The first kappa shape index (κ1) is 7.94. The van der Waals surface area contributed by atoms with E-state index in [9.17, 15) is 0 Å². The summed E-state index contributed by atoms with van der Waals surface area (Å²) in [7, 11) is 1.84. The van der Waals surface area contributed by atoms with E-state index in [1.807, 2.05) is 7.05 Å². The highest BCUT2D eigenvalue weighted by atomic mass is 15.4. The molecular formula is C7H12N4. The average Bonchev–Trinajstić information content (AvgIpc) is 2.36. The predicted molar refractivity (Wildman–Crippen MR) is 43.7 cm³/mol. The fourth-order valence-corrected chi connectivity index (χ4v) is 0.912. The van der Waals surface area contributed by atoms with Crippen LogP contribution in [0.3, 0.4) is 0 Å². The Morgan fingerprint density at radius 3 is 3.00 bits per heavy atom. The van der Waals surface area contributed by atoms with Gasteiger partial charge in [-0.1, -0.05) is 11.8 Å². The maximum atomic E-state index is 5.37. The normalized spacial score (nSPS) is 10.0. The van der Waals surface area contributed by atoms with E-state index in [2.05, 4.69) is 16.9 Å². The van der Waals surface area contributed by atoms with E-state index in [0.29, 0.717) is 6.54 Å². The maximum Gasteiger partial charge on any atom is 0.0836 e. The summed E-state index contributed by atoms with van der Waals surface area (Å²) in [5, 5.41) is 7.52. The van der Waals surface area contributed by atoms with E-state index in [1.165, 1.54) is 0 Å². The molecule has 1 rings (SSSR count). The molecule has 0 radical (unpaired) electrons. The molecule has 1 heterocycles. The van der Waals surface area contributed by atoms with E-state index >= 15 is 0 Å². The van der Waals surface area contributed by atoms with Crippen LogP contribution in [0.1, 0.15) is 12.1 Å². The predicted octanol–water partition coefficient (Wildman–Crippen LogP) is 0.177. The third-order valence-corrected chi connectivity index (χ3v) is 1.52. The third-order valence-electron chi connectivity index (χ3n) is 1.52. The number of nitrogens with zero attached hydrogens (tertiary/aromatic N) is 3. The number of hydrogen-bond acceptors (Lipinski definition) is 3. The Balaban J connectivity index is 2.76. The van der Waals surface area contributed by atoms with Crippen LogP contribution in [0, 0.1) is 0 Å². The summed E-state index contributed by atoms with van der Waals surface area (Å²) in [5.74, 6) is 0. The van der Waals surface area contributed by atoms with Crippen molar-refractivity contribution in [1.82, 2.24) is 15.0 Å². The van der Waals surface area contributed by atoms with Gasteiger partial charge in [-0.2, -0.15) is 0 Å². The number of nitrogens with two attached hydrogens (primary N) is 1. The molecule has 0 saturated carbocycles. The number of aryl methyl sites for hydroxylation is 1. The second kappa shape index (κ2) is 3.30. The molecule has 60 valence electrons. The highest BCUT2D eigenvalue weighted by molar-refractivity contribution is 5.59. The Labute approximate surface area is 65.7 Å². The van der Waals surface area contributed by atoms with Gasteiger partial charge >= 0.3 is 0 Å². The van der Waals surface area contributed by atoms with Crippen LogP contribution in [0.25, 0.3) is 5.57 Å². The van der Waals surface area contributed by atoms with Gasteiger partial charge in [0.15, 0.2) is 0 Å². The molecule has 4 nitrogen and oxygen atoms in total. The molecule has 0 aliphatic carbocycles. The fraction of sp³-hybridized carbons (Fsp3) is 0.429. The maximum absolute atomic E-state index is 5.37. The molecule has 4 heteroatoms. The van der Waals surface area contributed by atoms with E-state index in [-0.39, 0.29) is 0 Å². The van der Waals surface area contributed by atoms with Gasteiger partial charge in [0.25, 0.3) is 0 Å². The van der Waals surface area contributed by atoms with Crippen LogP contribution in [0.15, 0.2) is 12.8 Å². The van der Waals surface area contributed by atoms with Crippen LogP contribution in [-0.2, 0) is 7.05 Å². The molecule has 0 amide bonds. The van der Waals surface area contributed by atoms with E-state index < -0.39 is 0 Å². The SMILES string of the molecule is C=C(CCN)c1cnnn1C. The summed E-state index contributed by atoms with van der Waals surface area (Å²) in [4.78, 5) is 0. The zero-order valence-electron chi connectivity index (χ0n) is 6.62. The van der Waals surface area contributed by atoms with Gasteiger partial charge in [-0.05, 0) is 18.5 Å². The summed E-state index contributed by atoms with van der Waals surface area (Å²) in [6, 6.07) is 0. The molecule has 0 aromatic carbocycles. The smallest absolute Gasteiger partial charge is 0.0836 e. The van der Waals surface area contributed by atoms with Crippen molar-refractivity contribution < 1.29 is 0 Å². The summed E-state index contributed by atoms with van der Waals surface area (Å²) >= 11 is 0. The molecule has 1 aromatic heterocycles. The highest BCUT2D eigenvalue weighted by Gasteiger charge is 2.02. The van der Waals surface area contributed by atoms with Crippen molar-refractivity contribution in [2.24, 2.45) is 12.8 Å². The third kappa shape index (κ3) is 1.65. The van der Waals surface area contributed by atoms with Crippen molar-refractivity contribution >= 4 is 5.57 Å². The van der Waals surface area contributed by atoms with Crippen molar-refractivity contribution in [2.75, 3.05) is 6.54 Å². The minimum absolute atomic E-state index is 0.615. The molecule has 0 fully saturated rings. The van der Waals surface area contributed by atoms with Gasteiger partial charge in [0.1, 0.15) is 0 Å². The molecule has 0 bridgehead atoms. The summed E-state index contributed by atoms with van der Waals surface area (Å²) in [6.45, 7) is 4.48. The van der Waals surface area contributed by atoms with Gasteiger partial charge in [-0.3, -0.25) is 0 Å². The van der Waals surface area contributed by atoms with Crippen LogP contribution in [0.2, 0.25) is 0 Å². The number of hydrogen-bond donors (Lipinski definition) is 1. The van der Waals surface area contributed by atoms with Crippen LogP contribution in [0.5, 0.6) is 0 Å². The number of aromatic nitrogens is 3. The van der Waals surface area contributed by atoms with Gasteiger partial charge < -0.3 is 5.73 Å². The minimum Gasteiger partial charge on any atom is -0.330 e. The standard InChI is InChI=1S/C7H12N4/c1-6(3-4-8)7-5-9-10-11(7)2/h5H,1,3-4,8H2,2H3. The van der Waals surface area contributed by atoms with Crippen molar-refractivity contribution in [3.05, 3.63) is 18.5 Å². The Morgan fingerprint density at radius 1 is 1.82 bits per heavy atom. The molecule has 0 aliphatic rings. The van der Waals surface area contributed by atoms with E-state index in [0.717, 1.165) is 17.7 Å². The van der Waals surface area contributed by atoms with Gasteiger partial charge in [-0.25, -0.2) is 4.68 Å². The average molecular weight is 152 g/mol. The van der Waals surface area contributed by atoms with Crippen molar-refractivity contribution in [3.8, 4) is 0 Å². The highest BCUT2D eigenvalue weighted by Crippen LogP contribution is 2.11. The van der Waals surface area contributed by atoms with E-state index in [4.69, 9.17) is 5.73 Å². The largest absolute Gasteiger partial charge is 0.330 e. The van der Waals surface area contributed by atoms with Gasteiger partial charge in [0.2, 0.25) is 0 Å². The molecule has 0 atom stereocenters. The Morgan fingerprint density at radius 2 is 2.55 bits per heavy atom. The van der Waals surface area contributed by atoms with E-state index in [1.54, 1.807) is 10.9 Å². The summed E-state index contributed by atoms with van der Waals surface area (Å²) < 4.78 is 1.69. The molecule has 0 saturated heterocycles. The van der Waals surface area contributed by atoms with Crippen molar-refractivity contribution in [3.63, 3.8) is 0 Å². The van der Waals surface area contributed by atoms with Crippen LogP contribution in [-0.4, -0.2) is 21.5 Å². The first-order valence-corrected chi connectivity index (χ1v) is 3.48. The molecule has 1 aromatic rings. The lowest BCUT2D eigenvalue weighted by molar-refractivity contribution is 0.705. The zero-order valence-corrected chi connectivity index (χ0v) is 6.62. The minimum atomic E-state index is 0.615. The second-order valence-electron chi connectivity index (χ2n) is 2.39. The number of rotatable bonds is 3. The fourth-order valence-electron chi connectivity index (χ4n) is 0.912. The van der Waals surface area contributed by atoms with Gasteiger partial charge in [-0.15, -0.1) is 5.10 Å². The Hall–Kier alpha value is -1.16. The molecule has 0 unspecified atom stereocenters. The van der Waals surface area contributed by atoms with Crippen LogP contribution < -0.4 is 5.73 Å². The van der Waals surface area contributed by atoms with Crippen molar-refractivity contribution in [1.29, 1.82) is 0 Å². The summed E-state index contributed by atoms with van der Waals surface area (Å²) in [6.07, 6.45) is 2.49. The molecule has 0 aliphatic heterocycles. The lowest BCUT2D eigenvalue weighted by Gasteiger charge is -2.01. The monoisotopic (exact) mass is 152 g/mol. The van der Waals surface area contributed by atoms with Gasteiger partial charge in [0.05, 0.1) is 11.9 Å². The Bertz CT molecular complexity index is 251. The van der Waals surface area contributed by atoms with Crippen LogP contribution in [0.4, 0.5) is 0 Å². The molecule has 0 spiro atoms. The topological polar surface area (TPSA) is 56.7 Å². The van der Waals surface area contributed by atoms with Crippen molar-refractivity contribution in [2.45, 2.75) is 6.42 Å². The van der Waals surface area contributed by atoms with Gasteiger partial charge in [0, 0.05) is 7.05 Å². The Kier molecular flexibility index (Phi) is 2.38. The first-order chi connectivity index (χ1) is 5.25. The second-order valence-corrected chi connectivity index (χ2v) is 2.39. The molecular weight excluding hydrogens is 140 g/mol. The molecule has 11 heavy (non-hydrogen) atoms. The lowest BCUT2D eigenvalue weighted by atomic mass is 10.1. The molecule has 2 N–H and O–H groups in total.